The van der Waals surface area contributed by atoms with E-state index in [9.17, 15) is 9.59 Å². The van der Waals surface area contributed by atoms with Crippen molar-refractivity contribution in [3.63, 3.8) is 0 Å². The number of rotatable bonds is 10. The summed E-state index contributed by atoms with van der Waals surface area (Å²) in [4.78, 5) is 28.4. The van der Waals surface area contributed by atoms with Crippen molar-refractivity contribution in [2.45, 2.75) is 78.7 Å². The third-order valence-electron chi connectivity index (χ3n) is 7.51. The van der Waals surface area contributed by atoms with Gasteiger partial charge in [-0.15, -0.1) is 5.10 Å². The third-order valence-corrected chi connectivity index (χ3v) is 7.51. The number of aromatic nitrogens is 2. The Hall–Kier alpha value is -3.41. The summed E-state index contributed by atoms with van der Waals surface area (Å²) in [5, 5.41) is 4.79. The summed E-state index contributed by atoms with van der Waals surface area (Å²) < 4.78 is 7.05. The first-order valence-electron chi connectivity index (χ1n) is 14.1. The summed E-state index contributed by atoms with van der Waals surface area (Å²) in [7, 11) is 0. The van der Waals surface area contributed by atoms with Crippen molar-refractivity contribution in [1.82, 2.24) is 9.78 Å². The number of ether oxygens (including phenoxy) is 1. The first kappa shape index (κ1) is 27.6. The Bertz CT molecular complexity index is 1190. The highest BCUT2D eigenvalue weighted by molar-refractivity contribution is 6.02. The molecule has 0 saturated heterocycles. The lowest BCUT2D eigenvalue weighted by atomic mass is 9.82. The minimum absolute atomic E-state index is 0.0380. The topological polar surface area (TPSA) is 64.4 Å². The van der Waals surface area contributed by atoms with Crippen LogP contribution < -0.4 is 4.90 Å². The molecule has 0 radical (unpaired) electrons. The number of benzene rings is 2. The Morgan fingerprint density at radius 3 is 2.21 bits per heavy atom. The minimum Gasteiger partial charge on any atom is -0.462 e. The van der Waals surface area contributed by atoms with Gasteiger partial charge in [-0.1, -0.05) is 49.4 Å². The highest BCUT2D eigenvalue weighted by Gasteiger charge is 2.34. The fourth-order valence-electron chi connectivity index (χ4n) is 5.29. The van der Waals surface area contributed by atoms with Crippen LogP contribution >= 0.6 is 0 Å². The van der Waals surface area contributed by atoms with Crippen molar-refractivity contribution in [1.29, 1.82) is 0 Å². The zero-order chi connectivity index (χ0) is 27.1. The molecule has 6 nitrogen and oxygen atoms in total. The van der Waals surface area contributed by atoms with Gasteiger partial charge in [0.2, 0.25) is 5.91 Å². The van der Waals surface area contributed by atoms with Crippen LogP contribution in [0, 0.1) is 11.8 Å². The molecule has 1 aromatic heterocycles. The van der Waals surface area contributed by atoms with Crippen LogP contribution in [0.25, 0.3) is 5.69 Å². The molecule has 1 aliphatic carbocycles. The standard InChI is InChI=1S/C32H41N3O3/c1-5-38-32(37)29-22-34(28-20-16-26(17-21-28)13-9-12-25-10-7-6-8-11-25)33-30(29)35(23(2)3)31(36)27-18-14-24(4)15-19-27/h6-8,10-11,16-17,20-24,27H,5,9,12-15,18-19H2,1-4H3. The van der Waals surface area contributed by atoms with E-state index in [4.69, 9.17) is 9.84 Å². The number of carbonyl (C=O) groups is 2. The first-order chi connectivity index (χ1) is 18.4. The van der Waals surface area contributed by atoms with Crippen molar-refractivity contribution in [3.05, 3.63) is 77.5 Å². The van der Waals surface area contributed by atoms with E-state index in [0.29, 0.717) is 17.3 Å². The van der Waals surface area contributed by atoms with Gasteiger partial charge in [-0.25, -0.2) is 9.48 Å². The fourth-order valence-corrected chi connectivity index (χ4v) is 5.29. The molecular formula is C32H41N3O3. The summed E-state index contributed by atoms with van der Waals surface area (Å²) >= 11 is 0. The molecule has 2 aromatic carbocycles. The zero-order valence-corrected chi connectivity index (χ0v) is 23.2. The average Bonchev–Trinajstić information content (AvgIpc) is 3.35. The van der Waals surface area contributed by atoms with Crippen LogP contribution in [0.5, 0.6) is 0 Å². The number of anilines is 1. The van der Waals surface area contributed by atoms with Crippen LogP contribution in [-0.2, 0) is 22.4 Å². The van der Waals surface area contributed by atoms with Gasteiger partial charge in [-0.2, -0.15) is 0 Å². The maximum atomic E-state index is 13.7. The van der Waals surface area contributed by atoms with E-state index in [1.54, 1.807) is 22.7 Å². The molecule has 0 aliphatic heterocycles. The highest BCUT2D eigenvalue weighted by Crippen LogP contribution is 2.33. The van der Waals surface area contributed by atoms with Crippen molar-refractivity contribution in [2.24, 2.45) is 11.8 Å². The molecule has 0 unspecified atom stereocenters. The lowest BCUT2D eigenvalue weighted by molar-refractivity contribution is -0.124. The third kappa shape index (κ3) is 6.72. The molecule has 4 rings (SSSR count). The molecule has 1 heterocycles. The molecule has 6 heteroatoms. The number of hydrogen-bond donors (Lipinski definition) is 0. The summed E-state index contributed by atoms with van der Waals surface area (Å²) in [6, 6.07) is 18.7. The van der Waals surface area contributed by atoms with Crippen molar-refractivity contribution < 1.29 is 14.3 Å². The SMILES string of the molecule is CCOC(=O)c1cn(-c2ccc(CCCc3ccccc3)cc2)nc1N(C(=O)C1CCC(C)CC1)C(C)C. The Morgan fingerprint density at radius 1 is 0.974 bits per heavy atom. The molecule has 0 spiro atoms. The largest absolute Gasteiger partial charge is 0.462 e. The monoisotopic (exact) mass is 515 g/mol. The van der Waals surface area contributed by atoms with Gasteiger partial charge >= 0.3 is 5.97 Å². The van der Waals surface area contributed by atoms with Gasteiger partial charge in [0.15, 0.2) is 5.82 Å². The number of carbonyl (C=O) groups excluding carboxylic acids is 2. The minimum atomic E-state index is -0.456. The van der Waals surface area contributed by atoms with E-state index >= 15 is 0 Å². The van der Waals surface area contributed by atoms with Crippen LogP contribution in [0.4, 0.5) is 5.82 Å². The second kappa shape index (κ2) is 12.9. The normalized spacial score (nSPS) is 17.4. The smallest absolute Gasteiger partial charge is 0.343 e. The molecule has 1 aliphatic rings. The van der Waals surface area contributed by atoms with E-state index in [1.807, 2.05) is 32.0 Å². The van der Waals surface area contributed by atoms with Crippen molar-refractivity contribution in [2.75, 3.05) is 11.5 Å². The highest BCUT2D eigenvalue weighted by atomic mass is 16.5. The van der Waals surface area contributed by atoms with E-state index in [0.717, 1.165) is 50.6 Å². The van der Waals surface area contributed by atoms with Crippen molar-refractivity contribution in [3.8, 4) is 5.69 Å². The number of amides is 1. The summed E-state index contributed by atoms with van der Waals surface area (Å²) in [5.41, 5.74) is 3.78. The predicted molar refractivity (Wildman–Crippen MR) is 152 cm³/mol. The number of nitrogens with zero attached hydrogens (tertiary/aromatic N) is 3. The van der Waals surface area contributed by atoms with Crippen LogP contribution in [0.15, 0.2) is 60.8 Å². The molecule has 0 N–H and O–H groups in total. The maximum absolute atomic E-state index is 13.7. The Kier molecular flexibility index (Phi) is 9.38. The number of hydrogen-bond acceptors (Lipinski definition) is 4. The molecule has 1 fully saturated rings. The van der Waals surface area contributed by atoms with Gasteiger partial charge in [0, 0.05) is 18.2 Å². The Morgan fingerprint density at radius 2 is 1.61 bits per heavy atom. The number of aryl methyl sites for hydroxylation is 2. The van der Waals surface area contributed by atoms with Gasteiger partial charge in [0.1, 0.15) is 5.56 Å². The molecular weight excluding hydrogens is 474 g/mol. The van der Waals surface area contributed by atoms with Crippen LogP contribution in [0.1, 0.15) is 81.3 Å². The fraction of sp³-hybridized carbons (Fsp3) is 0.469. The summed E-state index contributed by atoms with van der Waals surface area (Å²) in [6.07, 6.45) is 8.68. The van der Waals surface area contributed by atoms with Gasteiger partial charge in [-0.3, -0.25) is 9.69 Å². The van der Waals surface area contributed by atoms with Gasteiger partial charge in [0.25, 0.3) is 0 Å². The predicted octanol–water partition coefficient (Wildman–Crippen LogP) is 6.79. The van der Waals surface area contributed by atoms with Gasteiger partial charge in [-0.05, 0) is 94.9 Å². The van der Waals surface area contributed by atoms with Crippen LogP contribution in [0.2, 0.25) is 0 Å². The summed E-state index contributed by atoms with van der Waals surface area (Å²) in [6.45, 7) is 8.24. The Labute approximate surface area is 227 Å². The van der Waals surface area contributed by atoms with Crippen LogP contribution in [0.3, 0.4) is 0 Å². The first-order valence-corrected chi connectivity index (χ1v) is 14.1. The lowest BCUT2D eigenvalue weighted by Crippen LogP contribution is -2.43. The second-order valence-corrected chi connectivity index (χ2v) is 10.8. The van der Waals surface area contributed by atoms with Gasteiger partial charge in [0.05, 0.1) is 12.3 Å². The molecule has 0 bridgehead atoms. The second-order valence-electron chi connectivity index (χ2n) is 10.8. The van der Waals surface area contributed by atoms with Crippen LogP contribution in [-0.4, -0.2) is 34.3 Å². The van der Waals surface area contributed by atoms with Crippen molar-refractivity contribution >= 4 is 17.7 Å². The molecule has 1 amide bonds. The molecule has 38 heavy (non-hydrogen) atoms. The summed E-state index contributed by atoms with van der Waals surface area (Å²) in [5.74, 6) is 0.596. The quantitative estimate of drug-likeness (QED) is 0.279. The van der Waals surface area contributed by atoms with E-state index in [2.05, 4.69) is 43.3 Å². The molecule has 3 aromatic rings. The van der Waals surface area contributed by atoms with E-state index in [1.165, 1.54) is 11.1 Å². The Balaban J connectivity index is 1.55. The zero-order valence-electron chi connectivity index (χ0n) is 23.2. The van der Waals surface area contributed by atoms with Gasteiger partial charge < -0.3 is 4.74 Å². The molecule has 1 saturated carbocycles. The van der Waals surface area contributed by atoms with E-state index < -0.39 is 5.97 Å². The molecule has 0 atom stereocenters. The maximum Gasteiger partial charge on any atom is 0.343 e. The van der Waals surface area contributed by atoms with E-state index in [-0.39, 0.29) is 24.5 Å². The average molecular weight is 516 g/mol. The number of esters is 1. The lowest BCUT2D eigenvalue weighted by Gasteiger charge is -2.32. The molecule has 202 valence electrons.